The standard InChI is InChI=1S/C23H41N3O4/c1-18(2)20-5-12-26(13-6-20)22(27)17-30-16-15-29-14-9-24-23(28)21-7-10-25(11-8-21)19(3)4/h18,20-21H,3,5-17H2,1-2,4H3,(H,24,28). The fourth-order valence-corrected chi connectivity index (χ4v) is 4.20. The van der Waals surface area contributed by atoms with E-state index >= 15 is 0 Å². The summed E-state index contributed by atoms with van der Waals surface area (Å²) in [5.41, 5.74) is 1.07. The smallest absolute Gasteiger partial charge is 0.248 e. The molecule has 0 atom stereocenters. The summed E-state index contributed by atoms with van der Waals surface area (Å²) in [6.07, 6.45) is 3.92. The Hall–Kier alpha value is -1.60. The van der Waals surface area contributed by atoms with E-state index in [1.54, 1.807) is 0 Å². The molecule has 2 aliphatic heterocycles. The predicted octanol–water partition coefficient (Wildman–Crippen LogP) is 2.28. The van der Waals surface area contributed by atoms with Gasteiger partial charge in [-0.15, -0.1) is 0 Å². The number of rotatable bonds is 11. The van der Waals surface area contributed by atoms with Gasteiger partial charge in [-0.2, -0.15) is 0 Å². The molecule has 0 aromatic rings. The van der Waals surface area contributed by atoms with Crippen molar-refractivity contribution < 1.29 is 19.1 Å². The summed E-state index contributed by atoms with van der Waals surface area (Å²) < 4.78 is 11.0. The number of piperidine rings is 2. The molecule has 2 saturated heterocycles. The minimum atomic E-state index is 0.0714. The number of carbonyl (C=O) groups excluding carboxylic acids is 2. The second kappa shape index (κ2) is 13.0. The Morgan fingerprint density at radius 3 is 2.17 bits per heavy atom. The Labute approximate surface area is 182 Å². The fraction of sp³-hybridized carbons (Fsp3) is 0.826. The second-order valence-electron chi connectivity index (χ2n) is 8.91. The fourth-order valence-electron chi connectivity index (χ4n) is 4.20. The number of allylic oxidation sites excluding steroid dienone is 1. The summed E-state index contributed by atoms with van der Waals surface area (Å²) in [5, 5.41) is 2.95. The van der Waals surface area contributed by atoms with Crippen molar-refractivity contribution in [3.63, 3.8) is 0 Å². The first-order chi connectivity index (χ1) is 14.4. The van der Waals surface area contributed by atoms with Gasteiger partial charge in [0.1, 0.15) is 6.61 Å². The van der Waals surface area contributed by atoms with Gasteiger partial charge >= 0.3 is 0 Å². The van der Waals surface area contributed by atoms with Crippen LogP contribution in [0.5, 0.6) is 0 Å². The van der Waals surface area contributed by atoms with E-state index in [2.05, 4.69) is 30.6 Å². The summed E-state index contributed by atoms with van der Waals surface area (Å²) in [4.78, 5) is 28.6. The molecule has 30 heavy (non-hydrogen) atoms. The van der Waals surface area contributed by atoms with E-state index in [0.717, 1.165) is 63.5 Å². The quantitative estimate of drug-likeness (QED) is 0.516. The lowest BCUT2D eigenvalue weighted by Crippen LogP contribution is -2.41. The zero-order valence-electron chi connectivity index (χ0n) is 19.2. The van der Waals surface area contributed by atoms with Crippen LogP contribution in [0, 0.1) is 17.8 Å². The highest BCUT2D eigenvalue weighted by molar-refractivity contribution is 5.78. The predicted molar refractivity (Wildman–Crippen MR) is 118 cm³/mol. The lowest BCUT2D eigenvalue weighted by molar-refractivity contribution is -0.138. The summed E-state index contributed by atoms with van der Waals surface area (Å²) in [5.74, 6) is 1.69. The Kier molecular flexibility index (Phi) is 10.6. The van der Waals surface area contributed by atoms with Crippen molar-refractivity contribution in [3.8, 4) is 0 Å². The van der Waals surface area contributed by atoms with E-state index < -0.39 is 0 Å². The van der Waals surface area contributed by atoms with Crippen LogP contribution in [0.1, 0.15) is 46.5 Å². The van der Waals surface area contributed by atoms with Gasteiger partial charge in [0.25, 0.3) is 0 Å². The molecule has 7 nitrogen and oxygen atoms in total. The van der Waals surface area contributed by atoms with Crippen molar-refractivity contribution in [2.24, 2.45) is 17.8 Å². The van der Waals surface area contributed by atoms with Gasteiger partial charge in [0.15, 0.2) is 0 Å². The highest BCUT2D eigenvalue weighted by atomic mass is 16.5. The highest BCUT2D eigenvalue weighted by Gasteiger charge is 2.25. The molecule has 1 N–H and O–H groups in total. The monoisotopic (exact) mass is 423 g/mol. The minimum absolute atomic E-state index is 0.0714. The average molecular weight is 424 g/mol. The molecule has 0 aromatic carbocycles. The van der Waals surface area contributed by atoms with E-state index in [1.165, 1.54) is 0 Å². The van der Waals surface area contributed by atoms with Crippen molar-refractivity contribution in [3.05, 3.63) is 12.3 Å². The lowest BCUT2D eigenvalue weighted by Gasteiger charge is -2.33. The third kappa shape index (κ3) is 8.26. The first-order valence-corrected chi connectivity index (χ1v) is 11.5. The number of hydrogen-bond donors (Lipinski definition) is 1. The first-order valence-electron chi connectivity index (χ1n) is 11.5. The lowest BCUT2D eigenvalue weighted by atomic mass is 9.87. The van der Waals surface area contributed by atoms with Gasteiger partial charge in [0, 0.05) is 44.3 Å². The number of amides is 2. The molecular formula is C23H41N3O4. The van der Waals surface area contributed by atoms with Crippen molar-refractivity contribution in [1.29, 1.82) is 0 Å². The van der Waals surface area contributed by atoms with Gasteiger partial charge in [-0.05, 0) is 44.4 Å². The Balaban J connectivity index is 1.43. The van der Waals surface area contributed by atoms with Crippen LogP contribution in [-0.4, -0.2) is 80.8 Å². The van der Waals surface area contributed by atoms with Crippen LogP contribution in [0.2, 0.25) is 0 Å². The van der Waals surface area contributed by atoms with Gasteiger partial charge in [-0.3, -0.25) is 9.59 Å². The SMILES string of the molecule is C=C(C)N1CCC(C(=O)NCCOCCOCC(=O)N2CCC(C(C)C)CC2)CC1. The largest absolute Gasteiger partial charge is 0.377 e. The van der Waals surface area contributed by atoms with E-state index in [1.807, 2.05) is 11.8 Å². The summed E-state index contributed by atoms with van der Waals surface area (Å²) in [6.45, 7) is 15.8. The molecule has 2 rings (SSSR count). The van der Waals surface area contributed by atoms with Crippen molar-refractivity contribution in [2.75, 3.05) is 59.2 Å². The van der Waals surface area contributed by atoms with E-state index in [9.17, 15) is 9.59 Å². The zero-order valence-corrected chi connectivity index (χ0v) is 19.2. The number of ether oxygens (including phenoxy) is 2. The molecule has 172 valence electrons. The third-order valence-electron chi connectivity index (χ3n) is 6.38. The molecule has 0 saturated carbocycles. The minimum Gasteiger partial charge on any atom is -0.377 e. The van der Waals surface area contributed by atoms with Crippen molar-refractivity contribution >= 4 is 11.8 Å². The van der Waals surface area contributed by atoms with Crippen molar-refractivity contribution in [2.45, 2.75) is 46.5 Å². The summed E-state index contributed by atoms with van der Waals surface area (Å²) in [7, 11) is 0. The number of nitrogens with zero attached hydrogens (tertiary/aromatic N) is 2. The normalized spacial score (nSPS) is 18.7. The van der Waals surface area contributed by atoms with E-state index in [4.69, 9.17) is 9.47 Å². The van der Waals surface area contributed by atoms with Crippen molar-refractivity contribution in [1.82, 2.24) is 15.1 Å². The maximum absolute atomic E-state index is 12.2. The van der Waals surface area contributed by atoms with Crippen LogP contribution >= 0.6 is 0 Å². The van der Waals surface area contributed by atoms with E-state index in [-0.39, 0.29) is 24.3 Å². The molecule has 0 radical (unpaired) electrons. The van der Waals surface area contributed by atoms with Gasteiger partial charge < -0.3 is 24.6 Å². The van der Waals surface area contributed by atoms with Gasteiger partial charge in [-0.25, -0.2) is 0 Å². The number of nitrogens with one attached hydrogen (secondary N) is 1. The molecule has 0 aromatic heterocycles. The van der Waals surface area contributed by atoms with Crippen LogP contribution in [0.25, 0.3) is 0 Å². The van der Waals surface area contributed by atoms with Crippen LogP contribution in [0.4, 0.5) is 0 Å². The second-order valence-corrected chi connectivity index (χ2v) is 8.91. The third-order valence-corrected chi connectivity index (χ3v) is 6.38. The van der Waals surface area contributed by atoms with Crippen LogP contribution < -0.4 is 5.32 Å². The topological polar surface area (TPSA) is 71.1 Å². The zero-order chi connectivity index (χ0) is 21.9. The highest BCUT2D eigenvalue weighted by Crippen LogP contribution is 2.24. The molecule has 2 amide bonds. The first kappa shape index (κ1) is 24.7. The van der Waals surface area contributed by atoms with Crippen LogP contribution in [-0.2, 0) is 19.1 Å². The van der Waals surface area contributed by atoms with Crippen LogP contribution in [0.15, 0.2) is 12.3 Å². The molecule has 2 aliphatic rings. The maximum atomic E-state index is 12.2. The van der Waals surface area contributed by atoms with Crippen LogP contribution in [0.3, 0.4) is 0 Å². The number of carbonyl (C=O) groups is 2. The summed E-state index contributed by atoms with van der Waals surface area (Å²) >= 11 is 0. The molecule has 0 spiro atoms. The average Bonchev–Trinajstić information content (AvgIpc) is 2.75. The Morgan fingerprint density at radius 2 is 1.57 bits per heavy atom. The summed E-state index contributed by atoms with van der Waals surface area (Å²) in [6, 6.07) is 0. The Morgan fingerprint density at radius 1 is 0.967 bits per heavy atom. The molecule has 7 heteroatoms. The number of hydrogen-bond acceptors (Lipinski definition) is 5. The van der Waals surface area contributed by atoms with Gasteiger partial charge in [-0.1, -0.05) is 20.4 Å². The molecule has 0 aliphatic carbocycles. The molecule has 0 bridgehead atoms. The number of likely N-dealkylation sites (tertiary alicyclic amines) is 2. The Bertz CT molecular complexity index is 551. The molecule has 2 heterocycles. The molecule has 0 unspecified atom stereocenters. The molecule has 2 fully saturated rings. The molecular weight excluding hydrogens is 382 g/mol. The van der Waals surface area contributed by atoms with E-state index in [0.29, 0.717) is 32.3 Å². The van der Waals surface area contributed by atoms with Gasteiger partial charge in [0.05, 0.1) is 19.8 Å². The van der Waals surface area contributed by atoms with Gasteiger partial charge in [0.2, 0.25) is 11.8 Å². The maximum Gasteiger partial charge on any atom is 0.248 e.